The molecule has 0 radical (unpaired) electrons. The van der Waals surface area contributed by atoms with Gasteiger partial charge >= 0.3 is 11.9 Å². The van der Waals surface area contributed by atoms with Gasteiger partial charge in [-0.1, -0.05) is 228 Å². The maximum absolute atomic E-state index is 12.9. The summed E-state index contributed by atoms with van der Waals surface area (Å²) in [4.78, 5) is 37.2. The van der Waals surface area contributed by atoms with Gasteiger partial charge in [-0.25, -0.2) is 0 Å². The summed E-state index contributed by atoms with van der Waals surface area (Å²) in [5, 5.41) is 11.8. The minimum Gasteiger partial charge on any atom is -0.545 e. The first-order valence-electron chi connectivity index (χ1n) is 29.6. The van der Waals surface area contributed by atoms with Crippen molar-refractivity contribution in [3.05, 3.63) is 72.9 Å². The number of carbonyl (C=O) groups excluding carboxylic acids is 3. The van der Waals surface area contributed by atoms with E-state index in [-0.39, 0.29) is 38.6 Å². The van der Waals surface area contributed by atoms with Crippen LogP contribution in [0.5, 0.6) is 0 Å². The zero-order chi connectivity index (χ0) is 52.7. The summed E-state index contributed by atoms with van der Waals surface area (Å²) < 4.78 is 22.7. The Morgan fingerprint density at radius 2 is 0.792 bits per heavy atom. The molecule has 0 saturated heterocycles. The average molecular weight is 1010 g/mol. The zero-order valence-corrected chi connectivity index (χ0v) is 47.3. The molecule has 2 unspecified atom stereocenters. The quantitative estimate of drug-likeness (QED) is 0.0195. The van der Waals surface area contributed by atoms with Crippen LogP contribution < -0.4 is 5.11 Å². The molecule has 0 aliphatic carbocycles. The Balaban J connectivity index is 4.11. The molecule has 0 aliphatic heterocycles. The van der Waals surface area contributed by atoms with Crippen LogP contribution in [0.1, 0.15) is 251 Å². The first kappa shape index (κ1) is 68.7. The number of likely N-dealkylation sites (N-methyl/N-ethyl adjacent to an activating group) is 1. The SMILES string of the molecule is CC/C=C\C/C=C\C/C=C\C/C=C\C/C=C\CCCCCCCCCCCCCCCCCCCC(=O)OC(COC(=O)CCCCCCC/C=C\CCCCCCC)COC(OCC[N+](C)(C)C)C(=O)[O-]. The molecular weight excluding hydrogens is 899 g/mol. The molecule has 72 heavy (non-hydrogen) atoms. The summed E-state index contributed by atoms with van der Waals surface area (Å²) in [6.07, 6.45) is 66.8. The summed E-state index contributed by atoms with van der Waals surface area (Å²) in [6, 6.07) is 0. The molecule has 416 valence electrons. The number of nitrogens with zero attached hydrogens (tertiary/aromatic N) is 1. The van der Waals surface area contributed by atoms with Crippen LogP contribution in [0.2, 0.25) is 0 Å². The van der Waals surface area contributed by atoms with Crippen molar-refractivity contribution in [2.75, 3.05) is 47.5 Å². The van der Waals surface area contributed by atoms with Crippen LogP contribution in [0.15, 0.2) is 72.9 Å². The number of rotatable bonds is 54. The van der Waals surface area contributed by atoms with E-state index in [2.05, 4.69) is 86.8 Å². The molecule has 0 rings (SSSR count). The van der Waals surface area contributed by atoms with Gasteiger partial charge in [-0.2, -0.15) is 0 Å². The van der Waals surface area contributed by atoms with Crippen LogP contribution in [-0.4, -0.2) is 82.3 Å². The van der Waals surface area contributed by atoms with Crippen LogP contribution in [0.4, 0.5) is 0 Å². The summed E-state index contributed by atoms with van der Waals surface area (Å²) in [5.41, 5.74) is 0. The van der Waals surface area contributed by atoms with E-state index in [1.54, 1.807) is 0 Å². The molecule has 0 spiro atoms. The van der Waals surface area contributed by atoms with Gasteiger partial charge in [-0.3, -0.25) is 9.59 Å². The highest BCUT2D eigenvalue weighted by atomic mass is 16.7. The van der Waals surface area contributed by atoms with E-state index in [9.17, 15) is 19.5 Å². The maximum Gasteiger partial charge on any atom is 0.306 e. The number of hydrogen-bond donors (Lipinski definition) is 0. The lowest BCUT2D eigenvalue weighted by molar-refractivity contribution is -0.870. The summed E-state index contributed by atoms with van der Waals surface area (Å²) in [5.74, 6) is -2.29. The molecule has 0 amide bonds. The Bertz CT molecular complexity index is 1410. The molecule has 0 fully saturated rings. The largest absolute Gasteiger partial charge is 0.545 e. The predicted molar refractivity (Wildman–Crippen MR) is 301 cm³/mol. The second-order valence-electron chi connectivity index (χ2n) is 20.9. The summed E-state index contributed by atoms with van der Waals surface area (Å²) >= 11 is 0. The fourth-order valence-corrected chi connectivity index (χ4v) is 8.15. The van der Waals surface area contributed by atoms with Crippen molar-refractivity contribution in [2.45, 2.75) is 264 Å². The van der Waals surface area contributed by atoms with Gasteiger partial charge in [0.2, 0.25) is 0 Å². The molecule has 9 heteroatoms. The molecule has 0 heterocycles. The van der Waals surface area contributed by atoms with Crippen molar-refractivity contribution in [1.29, 1.82) is 0 Å². The molecule has 0 aromatic rings. The van der Waals surface area contributed by atoms with Crippen LogP contribution in [0, 0.1) is 0 Å². The highest BCUT2D eigenvalue weighted by molar-refractivity contribution is 5.70. The van der Waals surface area contributed by atoms with Crippen LogP contribution in [0.25, 0.3) is 0 Å². The molecule has 9 nitrogen and oxygen atoms in total. The Morgan fingerprint density at radius 1 is 0.431 bits per heavy atom. The molecule has 0 aromatic carbocycles. The summed E-state index contributed by atoms with van der Waals surface area (Å²) in [7, 11) is 5.92. The monoisotopic (exact) mass is 1010 g/mol. The normalized spacial score (nSPS) is 13.3. The molecule has 0 saturated carbocycles. The van der Waals surface area contributed by atoms with Gasteiger partial charge in [0.1, 0.15) is 13.2 Å². The first-order valence-corrected chi connectivity index (χ1v) is 29.6. The van der Waals surface area contributed by atoms with Gasteiger partial charge in [-0.05, 0) is 83.5 Å². The fraction of sp³-hybridized carbons (Fsp3) is 0.762. The van der Waals surface area contributed by atoms with Crippen molar-refractivity contribution < 1.29 is 42.9 Å². The topological polar surface area (TPSA) is 111 Å². The number of hydrogen-bond acceptors (Lipinski definition) is 8. The van der Waals surface area contributed by atoms with E-state index in [0.717, 1.165) is 83.5 Å². The van der Waals surface area contributed by atoms with E-state index >= 15 is 0 Å². The van der Waals surface area contributed by atoms with Gasteiger partial charge in [-0.15, -0.1) is 0 Å². The molecular formula is C63H111NO8. The average Bonchev–Trinajstić information content (AvgIpc) is 3.35. The van der Waals surface area contributed by atoms with Crippen molar-refractivity contribution in [1.82, 2.24) is 0 Å². The van der Waals surface area contributed by atoms with Crippen LogP contribution in [0.3, 0.4) is 0 Å². The lowest BCUT2D eigenvalue weighted by Crippen LogP contribution is -2.44. The van der Waals surface area contributed by atoms with Gasteiger partial charge in [0.25, 0.3) is 0 Å². The van der Waals surface area contributed by atoms with Crippen molar-refractivity contribution in [2.24, 2.45) is 0 Å². The van der Waals surface area contributed by atoms with E-state index in [1.165, 1.54) is 135 Å². The van der Waals surface area contributed by atoms with E-state index in [4.69, 9.17) is 18.9 Å². The Labute approximate surface area is 443 Å². The maximum atomic E-state index is 12.9. The van der Waals surface area contributed by atoms with E-state index in [1.807, 2.05) is 21.1 Å². The number of carboxylic acid groups (broad SMARTS) is 1. The third-order valence-electron chi connectivity index (χ3n) is 12.7. The Morgan fingerprint density at radius 3 is 1.19 bits per heavy atom. The number of ether oxygens (including phenoxy) is 4. The second-order valence-corrected chi connectivity index (χ2v) is 20.9. The molecule has 0 aliphatic rings. The number of quaternary nitrogens is 1. The second kappa shape index (κ2) is 54.0. The smallest absolute Gasteiger partial charge is 0.306 e. The standard InChI is InChI=1S/C63H111NO8/c1-6-8-10-12-14-16-18-20-22-23-24-25-26-27-28-29-30-31-32-33-34-35-36-37-38-39-40-42-44-46-48-50-52-54-61(66)72-59(58-71-63(62(67)68)69-56-55-64(3,4)5)57-70-60(65)53-51-49-47-45-43-41-21-19-17-15-13-11-9-7-2/h8,10,14,16,19-22,24-25,27-28,59,63H,6-7,9,11-13,15,17-18,23,26,29-58H2,1-5H3/b10-8-,16-14-,21-19-,22-20-,25-24-,28-27-. The number of aliphatic carboxylic acids is 1. The number of carboxylic acids is 1. The number of carbonyl (C=O) groups is 3. The van der Waals surface area contributed by atoms with Crippen molar-refractivity contribution >= 4 is 17.9 Å². The first-order chi connectivity index (χ1) is 35.1. The molecule has 0 bridgehead atoms. The highest BCUT2D eigenvalue weighted by Crippen LogP contribution is 2.16. The Hall–Kier alpha value is -3.27. The van der Waals surface area contributed by atoms with Crippen molar-refractivity contribution in [3.8, 4) is 0 Å². The van der Waals surface area contributed by atoms with E-state index < -0.39 is 24.3 Å². The molecule has 0 N–H and O–H groups in total. The number of esters is 2. The fourth-order valence-electron chi connectivity index (χ4n) is 8.15. The third-order valence-corrected chi connectivity index (χ3v) is 12.7. The highest BCUT2D eigenvalue weighted by Gasteiger charge is 2.22. The van der Waals surface area contributed by atoms with Gasteiger partial charge < -0.3 is 33.3 Å². The third kappa shape index (κ3) is 54.5. The predicted octanol–water partition coefficient (Wildman–Crippen LogP) is 16.1. The Kier molecular flexibility index (Phi) is 51.6. The number of unbranched alkanes of at least 4 members (excludes halogenated alkanes) is 27. The van der Waals surface area contributed by atoms with Crippen molar-refractivity contribution in [3.63, 3.8) is 0 Å². The minimum atomic E-state index is -1.62. The zero-order valence-electron chi connectivity index (χ0n) is 47.3. The van der Waals surface area contributed by atoms with Gasteiger partial charge in [0, 0.05) is 12.8 Å². The lowest BCUT2D eigenvalue weighted by atomic mass is 10.0. The van der Waals surface area contributed by atoms with Crippen LogP contribution >= 0.6 is 0 Å². The number of allylic oxidation sites excluding steroid dienone is 12. The van der Waals surface area contributed by atoms with Crippen LogP contribution in [-0.2, 0) is 33.3 Å². The van der Waals surface area contributed by atoms with E-state index in [0.29, 0.717) is 17.4 Å². The molecule has 0 aromatic heterocycles. The van der Waals surface area contributed by atoms with Gasteiger partial charge in [0.05, 0.1) is 40.3 Å². The summed E-state index contributed by atoms with van der Waals surface area (Å²) in [6.45, 7) is 4.63. The lowest BCUT2D eigenvalue weighted by Gasteiger charge is -2.26. The molecule has 2 atom stereocenters. The minimum absolute atomic E-state index is 0.146. The van der Waals surface area contributed by atoms with Gasteiger partial charge in [0.15, 0.2) is 12.4 Å².